The maximum Gasteiger partial charge on any atom is 0.226 e. The molecular weight excluding hydrogens is 249 g/mol. The summed E-state index contributed by atoms with van der Waals surface area (Å²) in [5, 5.41) is 9.81. The molecule has 0 unspecified atom stereocenters. The van der Waals surface area contributed by atoms with E-state index in [9.17, 15) is 14.3 Å². The first-order valence-corrected chi connectivity index (χ1v) is 6.41. The van der Waals surface area contributed by atoms with E-state index in [0.717, 1.165) is 0 Å². The van der Waals surface area contributed by atoms with Crippen LogP contribution < -0.4 is 4.74 Å². The summed E-state index contributed by atoms with van der Waals surface area (Å²) in [5.74, 6) is 0.00980. The molecule has 4 nitrogen and oxygen atoms in total. The van der Waals surface area contributed by atoms with E-state index in [1.54, 1.807) is 17.0 Å². The Hall–Kier alpha value is -1.62. The molecule has 0 spiro atoms. The molecule has 1 saturated heterocycles. The Kier molecular flexibility index (Phi) is 4.04. The first kappa shape index (κ1) is 13.8. The molecule has 1 aliphatic heterocycles. The number of carbonyl (C=O) groups is 1. The number of hydrogen-bond acceptors (Lipinski definition) is 3. The highest BCUT2D eigenvalue weighted by Crippen LogP contribution is 2.24. The predicted molar refractivity (Wildman–Crippen MR) is 68.3 cm³/mol. The number of halogens is 1. The summed E-state index contributed by atoms with van der Waals surface area (Å²) in [4.78, 5) is 13.4. The second-order valence-electron chi connectivity index (χ2n) is 4.88. The van der Waals surface area contributed by atoms with Crippen LogP contribution in [0.25, 0.3) is 0 Å². The van der Waals surface area contributed by atoms with Gasteiger partial charge in [0.1, 0.15) is 11.6 Å². The summed E-state index contributed by atoms with van der Waals surface area (Å²) in [5.41, 5.74) is -0.709. The second-order valence-corrected chi connectivity index (χ2v) is 4.88. The highest BCUT2D eigenvalue weighted by atomic mass is 19.1. The maximum atomic E-state index is 12.9. The molecule has 0 atom stereocenters. The summed E-state index contributed by atoms with van der Waals surface area (Å²) < 4.78 is 18.2. The number of nitrogens with zero attached hydrogens (tertiary/aromatic N) is 1. The predicted octanol–water partition coefficient (Wildman–Crippen LogP) is 1.58. The van der Waals surface area contributed by atoms with Crippen LogP contribution in [0.3, 0.4) is 0 Å². The van der Waals surface area contributed by atoms with Crippen LogP contribution in [0.15, 0.2) is 24.3 Å². The number of aliphatic hydroxyl groups is 1. The molecule has 19 heavy (non-hydrogen) atoms. The molecule has 0 aliphatic carbocycles. The van der Waals surface area contributed by atoms with Crippen molar-refractivity contribution in [3.8, 4) is 5.75 Å². The van der Waals surface area contributed by atoms with Crippen molar-refractivity contribution in [2.24, 2.45) is 0 Å². The van der Waals surface area contributed by atoms with E-state index in [2.05, 4.69) is 0 Å². The molecule has 0 saturated carbocycles. The summed E-state index contributed by atoms with van der Waals surface area (Å²) in [6, 6.07) is 5.82. The molecule has 2 rings (SSSR count). The summed E-state index contributed by atoms with van der Waals surface area (Å²) in [6.45, 7) is 2.89. The number of likely N-dealkylation sites (tertiary alicyclic amines) is 1. The quantitative estimate of drug-likeness (QED) is 0.881. The molecule has 0 bridgehead atoms. The van der Waals surface area contributed by atoms with Gasteiger partial charge in [0.25, 0.3) is 0 Å². The van der Waals surface area contributed by atoms with Gasteiger partial charge in [-0.25, -0.2) is 4.39 Å². The van der Waals surface area contributed by atoms with E-state index in [-0.39, 0.29) is 24.8 Å². The minimum atomic E-state index is -0.709. The molecule has 1 heterocycles. The van der Waals surface area contributed by atoms with Crippen LogP contribution in [-0.2, 0) is 4.79 Å². The van der Waals surface area contributed by atoms with Gasteiger partial charge in [-0.3, -0.25) is 4.79 Å². The fourth-order valence-corrected chi connectivity index (χ4v) is 2.04. The van der Waals surface area contributed by atoms with E-state index >= 15 is 0 Å². The lowest BCUT2D eigenvalue weighted by Gasteiger charge is -2.46. The van der Waals surface area contributed by atoms with Gasteiger partial charge in [0.15, 0.2) is 0 Å². The summed E-state index contributed by atoms with van der Waals surface area (Å²) in [6.07, 6.45) is 0.882. The first-order valence-electron chi connectivity index (χ1n) is 6.41. The van der Waals surface area contributed by atoms with Crippen LogP contribution in [0.5, 0.6) is 5.75 Å². The summed E-state index contributed by atoms with van der Waals surface area (Å²) >= 11 is 0. The van der Waals surface area contributed by atoms with E-state index < -0.39 is 5.60 Å². The zero-order valence-electron chi connectivity index (χ0n) is 10.9. The van der Waals surface area contributed by atoms with Gasteiger partial charge >= 0.3 is 0 Å². The number of carbonyl (C=O) groups excluding carboxylic acids is 1. The number of rotatable bonds is 5. The molecule has 1 N–H and O–H groups in total. The smallest absolute Gasteiger partial charge is 0.226 e. The minimum absolute atomic E-state index is 0.0467. The van der Waals surface area contributed by atoms with Crippen molar-refractivity contribution in [1.82, 2.24) is 4.90 Å². The number of ether oxygens (including phenoxy) is 1. The maximum absolute atomic E-state index is 12.9. The van der Waals surface area contributed by atoms with Crippen LogP contribution >= 0.6 is 0 Å². The average molecular weight is 267 g/mol. The van der Waals surface area contributed by atoms with Crippen LogP contribution in [0.2, 0.25) is 0 Å². The van der Waals surface area contributed by atoms with Gasteiger partial charge < -0.3 is 14.7 Å². The highest BCUT2D eigenvalue weighted by Gasteiger charge is 2.41. The standard InChI is InChI=1S/C14H18FNO3/c1-2-14(18)9-16(10-14)13(17)6-7-19-12-5-3-4-11(15)8-12/h3-5,8,18H,2,6-7,9-10H2,1H3. The van der Waals surface area contributed by atoms with Gasteiger partial charge in [-0.05, 0) is 18.6 Å². The lowest BCUT2D eigenvalue weighted by molar-refractivity contribution is -0.156. The monoisotopic (exact) mass is 267 g/mol. The topological polar surface area (TPSA) is 49.8 Å². The molecule has 1 aromatic carbocycles. The van der Waals surface area contributed by atoms with E-state index in [1.165, 1.54) is 12.1 Å². The first-order chi connectivity index (χ1) is 9.02. The molecule has 0 radical (unpaired) electrons. The molecule has 104 valence electrons. The Morgan fingerprint density at radius 1 is 1.53 bits per heavy atom. The van der Waals surface area contributed by atoms with Crippen molar-refractivity contribution in [2.45, 2.75) is 25.4 Å². The Bertz CT molecular complexity index is 458. The Balaban J connectivity index is 1.71. The molecule has 1 aromatic rings. The SMILES string of the molecule is CCC1(O)CN(C(=O)CCOc2cccc(F)c2)C1. The van der Waals surface area contributed by atoms with Gasteiger partial charge in [-0.15, -0.1) is 0 Å². The zero-order valence-corrected chi connectivity index (χ0v) is 10.9. The van der Waals surface area contributed by atoms with Crippen LogP contribution in [-0.4, -0.2) is 41.2 Å². The number of β-amino-alcohol motifs (C(OH)–C–C–N with tert-alkyl or cyclic N) is 1. The molecule has 1 amide bonds. The van der Waals surface area contributed by atoms with Crippen LogP contribution in [0.4, 0.5) is 4.39 Å². The number of amides is 1. The van der Waals surface area contributed by atoms with Crippen molar-refractivity contribution >= 4 is 5.91 Å². The molecule has 5 heteroatoms. The van der Waals surface area contributed by atoms with E-state index in [4.69, 9.17) is 4.74 Å². The van der Waals surface area contributed by atoms with Crippen LogP contribution in [0.1, 0.15) is 19.8 Å². The fourth-order valence-electron chi connectivity index (χ4n) is 2.04. The molecule has 1 aliphatic rings. The molecule has 1 fully saturated rings. The largest absolute Gasteiger partial charge is 0.493 e. The third kappa shape index (κ3) is 3.44. The third-order valence-corrected chi connectivity index (χ3v) is 3.36. The fraction of sp³-hybridized carbons (Fsp3) is 0.500. The van der Waals surface area contributed by atoms with Crippen molar-refractivity contribution in [3.05, 3.63) is 30.1 Å². The number of benzene rings is 1. The van der Waals surface area contributed by atoms with Gasteiger partial charge in [0, 0.05) is 6.07 Å². The van der Waals surface area contributed by atoms with Crippen molar-refractivity contribution < 1.29 is 19.0 Å². The third-order valence-electron chi connectivity index (χ3n) is 3.36. The molecular formula is C14H18FNO3. The highest BCUT2D eigenvalue weighted by molar-refractivity contribution is 5.77. The number of hydrogen-bond donors (Lipinski definition) is 1. The Labute approximate surface area is 111 Å². The van der Waals surface area contributed by atoms with Gasteiger partial charge in [-0.1, -0.05) is 13.0 Å². The van der Waals surface area contributed by atoms with E-state index in [1.807, 2.05) is 6.92 Å². The van der Waals surface area contributed by atoms with E-state index in [0.29, 0.717) is 25.3 Å². The summed E-state index contributed by atoms with van der Waals surface area (Å²) in [7, 11) is 0. The van der Waals surface area contributed by atoms with Gasteiger partial charge in [0.05, 0.1) is 31.7 Å². The Morgan fingerprint density at radius 2 is 2.26 bits per heavy atom. The normalized spacial score (nSPS) is 16.9. The van der Waals surface area contributed by atoms with Gasteiger partial charge in [-0.2, -0.15) is 0 Å². The Morgan fingerprint density at radius 3 is 2.89 bits per heavy atom. The van der Waals surface area contributed by atoms with Gasteiger partial charge in [0.2, 0.25) is 5.91 Å². The average Bonchev–Trinajstić information content (AvgIpc) is 2.35. The lowest BCUT2D eigenvalue weighted by atomic mass is 9.91. The van der Waals surface area contributed by atoms with Crippen molar-refractivity contribution in [2.75, 3.05) is 19.7 Å². The minimum Gasteiger partial charge on any atom is -0.493 e. The van der Waals surface area contributed by atoms with Crippen molar-refractivity contribution in [3.63, 3.8) is 0 Å². The second kappa shape index (κ2) is 5.57. The van der Waals surface area contributed by atoms with Crippen molar-refractivity contribution in [1.29, 1.82) is 0 Å². The lowest BCUT2D eigenvalue weighted by Crippen LogP contribution is -2.63. The van der Waals surface area contributed by atoms with Crippen LogP contribution in [0, 0.1) is 5.82 Å². The zero-order chi connectivity index (χ0) is 13.9. The molecule has 0 aromatic heterocycles.